The molecule has 2 N–H and O–H groups in total. The molecule has 9 heteroatoms. The van der Waals surface area contributed by atoms with Gasteiger partial charge in [0.2, 0.25) is 0 Å². The van der Waals surface area contributed by atoms with E-state index in [1.54, 1.807) is 0 Å². The second-order valence-electron chi connectivity index (χ2n) is 14.3. The van der Waals surface area contributed by atoms with Gasteiger partial charge in [0, 0.05) is 12.8 Å². The number of phosphoric acid groups is 1. The number of carbonyl (C=O) groups excluding carboxylic acids is 2. The monoisotopic (exact) mass is 731 g/mol. The number of rotatable bonds is 39. The molecule has 0 aromatic carbocycles. The molecule has 1 atom stereocenters. The molecule has 0 aliphatic heterocycles. The molecule has 8 nitrogen and oxygen atoms in total. The molecule has 50 heavy (non-hydrogen) atoms. The third-order valence-corrected chi connectivity index (χ3v) is 9.77. The minimum absolute atomic E-state index is 0.216. The van der Waals surface area contributed by atoms with E-state index in [2.05, 4.69) is 30.5 Å². The van der Waals surface area contributed by atoms with Crippen LogP contribution in [0.15, 0.2) is 12.2 Å². The van der Waals surface area contributed by atoms with Crippen molar-refractivity contribution in [2.75, 3.05) is 13.2 Å². The summed E-state index contributed by atoms with van der Waals surface area (Å²) in [7, 11) is -4.75. The van der Waals surface area contributed by atoms with Crippen LogP contribution in [0.2, 0.25) is 0 Å². The SMILES string of the molecule is CCCC/C=C/CCCCCCCC(=O)OC[C@H](COP(=O)(O)O)OC(=O)CCCCCCCCCCCCCCCCCCCCCCC. The zero-order valence-electron chi connectivity index (χ0n) is 32.6. The molecule has 0 aromatic rings. The molecule has 0 rings (SSSR count). The molecule has 0 aromatic heterocycles. The molecule has 296 valence electrons. The van der Waals surface area contributed by atoms with Gasteiger partial charge in [0.1, 0.15) is 6.61 Å². The van der Waals surface area contributed by atoms with Crippen molar-refractivity contribution >= 4 is 19.8 Å². The van der Waals surface area contributed by atoms with E-state index in [0.717, 1.165) is 51.4 Å². The van der Waals surface area contributed by atoms with E-state index in [1.165, 1.54) is 128 Å². The minimum Gasteiger partial charge on any atom is -0.462 e. The largest absolute Gasteiger partial charge is 0.469 e. The van der Waals surface area contributed by atoms with Gasteiger partial charge in [0.15, 0.2) is 6.10 Å². The van der Waals surface area contributed by atoms with Crippen molar-refractivity contribution in [2.45, 2.75) is 225 Å². The summed E-state index contributed by atoms with van der Waals surface area (Å²) in [5.41, 5.74) is 0. The lowest BCUT2D eigenvalue weighted by atomic mass is 10.0. The Morgan fingerprint density at radius 1 is 0.500 bits per heavy atom. The van der Waals surface area contributed by atoms with Crippen molar-refractivity contribution < 1.29 is 37.9 Å². The maximum Gasteiger partial charge on any atom is 0.469 e. The van der Waals surface area contributed by atoms with Gasteiger partial charge in [0.05, 0.1) is 6.61 Å². The summed E-state index contributed by atoms with van der Waals surface area (Å²) < 4.78 is 26.3. The first kappa shape index (κ1) is 48.8. The molecule has 0 unspecified atom stereocenters. The fourth-order valence-corrected chi connectivity index (χ4v) is 6.48. The van der Waals surface area contributed by atoms with Gasteiger partial charge < -0.3 is 19.3 Å². The second-order valence-corrected chi connectivity index (χ2v) is 15.6. The van der Waals surface area contributed by atoms with E-state index < -0.39 is 32.5 Å². The summed E-state index contributed by atoms with van der Waals surface area (Å²) in [6, 6.07) is 0. The number of hydrogen-bond donors (Lipinski definition) is 2. The highest BCUT2D eigenvalue weighted by Crippen LogP contribution is 2.36. The van der Waals surface area contributed by atoms with Crippen LogP contribution in [0.3, 0.4) is 0 Å². The molecule has 0 radical (unpaired) electrons. The smallest absolute Gasteiger partial charge is 0.462 e. The van der Waals surface area contributed by atoms with Gasteiger partial charge in [0.25, 0.3) is 0 Å². The molecule has 0 aliphatic rings. The number of ether oxygens (including phenoxy) is 2. The number of carbonyl (C=O) groups is 2. The van der Waals surface area contributed by atoms with Crippen molar-refractivity contribution in [1.29, 1.82) is 0 Å². The highest BCUT2D eigenvalue weighted by molar-refractivity contribution is 7.46. The summed E-state index contributed by atoms with van der Waals surface area (Å²) in [5, 5.41) is 0. The van der Waals surface area contributed by atoms with Crippen LogP contribution in [0.5, 0.6) is 0 Å². The Labute approximate surface area is 307 Å². The highest BCUT2D eigenvalue weighted by Gasteiger charge is 2.22. The van der Waals surface area contributed by atoms with Crippen LogP contribution in [0, 0.1) is 0 Å². The normalized spacial score (nSPS) is 12.5. The Bertz CT molecular complexity index is 827. The average molecular weight is 731 g/mol. The molecule has 0 saturated heterocycles. The van der Waals surface area contributed by atoms with Crippen LogP contribution in [0.4, 0.5) is 0 Å². The van der Waals surface area contributed by atoms with Crippen LogP contribution in [-0.2, 0) is 28.2 Å². The molecular formula is C41H79O8P. The maximum absolute atomic E-state index is 12.4. The molecule has 0 aliphatic carbocycles. The fraction of sp³-hybridized carbons (Fsp3) is 0.902. The maximum atomic E-state index is 12.4. The van der Waals surface area contributed by atoms with E-state index in [1.807, 2.05) is 0 Å². The fourth-order valence-electron chi connectivity index (χ4n) is 6.12. The van der Waals surface area contributed by atoms with Crippen LogP contribution < -0.4 is 0 Å². The first-order chi connectivity index (χ1) is 24.3. The van der Waals surface area contributed by atoms with Crippen molar-refractivity contribution in [3.63, 3.8) is 0 Å². The molecule has 0 fully saturated rings. The van der Waals surface area contributed by atoms with E-state index in [-0.39, 0.29) is 19.4 Å². The van der Waals surface area contributed by atoms with Gasteiger partial charge in [-0.2, -0.15) is 0 Å². The Morgan fingerprint density at radius 3 is 1.28 bits per heavy atom. The van der Waals surface area contributed by atoms with Gasteiger partial charge in [-0.05, 0) is 32.1 Å². The average Bonchev–Trinajstić information content (AvgIpc) is 3.08. The zero-order chi connectivity index (χ0) is 36.8. The number of phosphoric ester groups is 1. The summed E-state index contributed by atoms with van der Waals surface area (Å²) in [4.78, 5) is 42.7. The Hall–Kier alpha value is -1.21. The van der Waals surface area contributed by atoms with E-state index in [0.29, 0.717) is 12.8 Å². The minimum atomic E-state index is -4.75. The summed E-state index contributed by atoms with van der Waals surface area (Å²) in [5.74, 6) is -0.885. The standard InChI is InChI=1S/C41H79O8P/c1-3-5-7-9-11-13-15-16-17-18-19-20-21-22-23-24-26-28-30-32-34-36-41(43)49-39(38-48-50(44,45)46)37-47-40(42)35-33-31-29-27-25-14-12-10-8-6-4-2/h10,12,39H,3-9,11,13-38H2,1-2H3,(H2,44,45,46)/b12-10+/t39-/m1/s1. The predicted molar refractivity (Wildman–Crippen MR) is 207 cm³/mol. The van der Waals surface area contributed by atoms with Crippen LogP contribution in [0.1, 0.15) is 219 Å². The van der Waals surface area contributed by atoms with Crippen LogP contribution >= 0.6 is 7.82 Å². The molecule has 0 amide bonds. The Balaban J connectivity index is 3.82. The first-order valence-electron chi connectivity index (χ1n) is 21.0. The summed E-state index contributed by atoms with van der Waals surface area (Å²) in [6.07, 6.45) is 40.9. The van der Waals surface area contributed by atoms with Crippen molar-refractivity contribution in [2.24, 2.45) is 0 Å². The van der Waals surface area contributed by atoms with Crippen LogP contribution in [0.25, 0.3) is 0 Å². The number of hydrogen-bond acceptors (Lipinski definition) is 6. The lowest BCUT2D eigenvalue weighted by Gasteiger charge is -2.18. The third-order valence-electron chi connectivity index (χ3n) is 9.28. The predicted octanol–water partition coefficient (Wildman–Crippen LogP) is 12.6. The molecule has 0 bridgehead atoms. The topological polar surface area (TPSA) is 119 Å². The first-order valence-corrected chi connectivity index (χ1v) is 22.5. The van der Waals surface area contributed by atoms with Gasteiger partial charge in [-0.25, -0.2) is 4.57 Å². The quantitative estimate of drug-likeness (QED) is 0.0278. The van der Waals surface area contributed by atoms with Gasteiger partial charge in [-0.3, -0.25) is 14.1 Å². The van der Waals surface area contributed by atoms with Gasteiger partial charge in [-0.1, -0.05) is 187 Å². The van der Waals surface area contributed by atoms with Crippen LogP contribution in [-0.4, -0.2) is 41.0 Å². The van der Waals surface area contributed by atoms with Crippen molar-refractivity contribution in [3.8, 4) is 0 Å². The Kier molecular flexibility index (Phi) is 36.6. The lowest BCUT2D eigenvalue weighted by Crippen LogP contribution is -2.29. The zero-order valence-corrected chi connectivity index (χ0v) is 33.5. The van der Waals surface area contributed by atoms with E-state index >= 15 is 0 Å². The lowest BCUT2D eigenvalue weighted by molar-refractivity contribution is -0.161. The molecule has 0 spiro atoms. The summed E-state index contributed by atoms with van der Waals surface area (Å²) in [6.45, 7) is 3.66. The molecule has 0 heterocycles. The van der Waals surface area contributed by atoms with Crippen molar-refractivity contribution in [1.82, 2.24) is 0 Å². The van der Waals surface area contributed by atoms with Gasteiger partial charge in [-0.15, -0.1) is 0 Å². The Morgan fingerprint density at radius 2 is 0.860 bits per heavy atom. The number of unbranched alkanes of at least 4 members (excludes halogenated alkanes) is 27. The van der Waals surface area contributed by atoms with E-state index in [9.17, 15) is 14.2 Å². The molecule has 0 saturated carbocycles. The molecular weight excluding hydrogens is 651 g/mol. The van der Waals surface area contributed by atoms with Gasteiger partial charge >= 0.3 is 19.8 Å². The third kappa shape index (κ3) is 39.6. The number of esters is 2. The van der Waals surface area contributed by atoms with E-state index in [4.69, 9.17) is 19.3 Å². The van der Waals surface area contributed by atoms with Crippen molar-refractivity contribution in [3.05, 3.63) is 12.2 Å². The second kappa shape index (κ2) is 37.5. The summed E-state index contributed by atoms with van der Waals surface area (Å²) >= 11 is 0. The number of allylic oxidation sites excluding steroid dienone is 2. The highest BCUT2D eigenvalue weighted by atomic mass is 31.2.